The average Bonchev–Trinajstić information content (AvgIpc) is 3.39. The van der Waals surface area contributed by atoms with Crippen LogP contribution >= 0.6 is 0 Å². The molecular formula is C21H22F2N5O+. The van der Waals surface area contributed by atoms with Crippen molar-refractivity contribution in [2.24, 2.45) is 0 Å². The van der Waals surface area contributed by atoms with E-state index in [1.165, 1.54) is 25.2 Å². The molecule has 1 unspecified atom stereocenters. The molecule has 2 aliphatic rings. The van der Waals surface area contributed by atoms with Crippen molar-refractivity contribution in [1.29, 1.82) is 0 Å². The zero-order chi connectivity index (χ0) is 20.0. The van der Waals surface area contributed by atoms with Crippen molar-refractivity contribution in [2.75, 3.05) is 26.2 Å². The van der Waals surface area contributed by atoms with Gasteiger partial charge < -0.3 is 9.80 Å². The van der Waals surface area contributed by atoms with Crippen LogP contribution in [-0.4, -0.2) is 57.6 Å². The fraction of sp³-hybridized carbons (Fsp3) is 0.381. The van der Waals surface area contributed by atoms with E-state index in [-0.39, 0.29) is 22.8 Å². The Morgan fingerprint density at radius 2 is 2.03 bits per heavy atom. The van der Waals surface area contributed by atoms with Crippen LogP contribution in [0.4, 0.5) is 8.78 Å². The maximum atomic E-state index is 13.7. The normalized spacial score (nSPS) is 21.7. The summed E-state index contributed by atoms with van der Waals surface area (Å²) in [5.41, 5.74) is 1.34. The predicted octanol–water partition coefficient (Wildman–Crippen LogP) is 1.84. The highest BCUT2D eigenvalue weighted by Gasteiger charge is 2.37. The number of alkyl halides is 2. The molecule has 1 amide bonds. The summed E-state index contributed by atoms with van der Waals surface area (Å²) in [6.45, 7) is 3.47. The molecule has 4 heterocycles. The summed E-state index contributed by atoms with van der Waals surface area (Å²) < 4.78 is 28.5. The first kappa shape index (κ1) is 18.2. The monoisotopic (exact) mass is 398 g/mol. The van der Waals surface area contributed by atoms with E-state index in [4.69, 9.17) is 0 Å². The number of halogens is 2. The Morgan fingerprint density at radius 1 is 1.21 bits per heavy atom. The van der Waals surface area contributed by atoms with E-state index in [9.17, 15) is 13.6 Å². The van der Waals surface area contributed by atoms with Crippen LogP contribution in [0.5, 0.6) is 0 Å². The van der Waals surface area contributed by atoms with Gasteiger partial charge in [-0.2, -0.15) is 5.10 Å². The van der Waals surface area contributed by atoms with E-state index in [1.54, 1.807) is 4.90 Å². The molecule has 2 atom stereocenters. The molecule has 0 radical (unpaired) electrons. The van der Waals surface area contributed by atoms with E-state index < -0.39 is 6.43 Å². The molecule has 2 aromatic heterocycles. The Hall–Kier alpha value is -2.87. The van der Waals surface area contributed by atoms with Crippen molar-refractivity contribution in [3.05, 3.63) is 53.9 Å². The molecule has 2 aliphatic heterocycles. The molecule has 2 fully saturated rings. The number of hydrogen-bond acceptors (Lipinski definition) is 3. The summed E-state index contributed by atoms with van der Waals surface area (Å²) in [6, 6.07) is 11.0. The van der Waals surface area contributed by atoms with Gasteiger partial charge >= 0.3 is 0 Å². The standard InChI is InChI=1S/C21H21F2N5O/c22-19(23)18-11-17(14-5-2-1-3-6-14)25-20-16(12-24-28(18)20)21(29)27-10-9-26-8-4-7-15(26)13-27/h1-3,5-6,11-12,15,19H,4,7-10,13H2/p+1/t15-/m1/s1. The molecule has 0 saturated carbocycles. The number of nitrogens with one attached hydrogen (secondary N) is 1. The molecule has 0 bridgehead atoms. The van der Waals surface area contributed by atoms with Gasteiger partial charge in [0.25, 0.3) is 12.3 Å². The lowest BCUT2D eigenvalue weighted by Gasteiger charge is -2.34. The number of rotatable bonds is 3. The lowest BCUT2D eigenvalue weighted by Crippen LogP contribution is -3.16. The number of hydrogen-bond donors (Lipinski definition) is 1. The Morgan fingerprint density at radius 3 is 2.83 bits per heavy atom. The highest BCUT2D eigenvalue weighted by atomic mass is 19.3. The molecule has 0 aliphatic carbocycles. The molecule has 5 rings (SSSR count). The Balaban J connectivity index is 1.56. The Bertz CT molecular complexity index is 1050. The number of fused-ring (bicyclic) bond motifs is 2. The van der Waals surface area contributed by atoms with Gasteiger partial charge in [0.2, 0.25) is 0 Å². The first-order valence-corrected chi connectivity index (χ1v) is 9.98. The minimum Gasteiger partial charge on any atom is -0.330 e. The summed E-state index contributed by atoms with van der Waals surface area (Å²) in [5, 5.41) is 4.08. The summed E-state index contributed by atoms with van der Waals surface area (Å²) >= 11 is 0. The molecule has 1 N–H and O–H groups in total. The fourth-order valence-corrected chi connectivity index (χ4v) is 4.57. The molecule has 29 heavy (non-hydrogen) atoms. The van der Waals surface area contributed by atoms with Crippen molar-refractivity contribution >= 4 is 11.6 Å². The fourth-order valence-electron chi connectivity index (χ4n) is 4.57. The van der Waals surface area contributed by atoms with Gasteiger partial charge in [0.1, 0.15) is 17.3 Å². The second kappa shape index (κ2) is 7.18. The van der Waals surface area contributed by atoms with Crippen molar-refractivity contribution in [3.8, 4) is 11.3 Å². The molecule has 2 saturated heterocycles. The number of nitrogens with zero attached hydrogens (tertiary/aromatic N) is 4. The molecule has 8 heteroatoms. The zero-order valence-corrected chi connectivity index (χ0v) is 15.9. The van der Waals surface area contributed by atoms with E-state index >= 15 is 0 Å². The minimum absolute atomic E-state index is 0.177. The largest absolute Gasteiger partial charge is 0.330 e. The summed E-state index contributed by atoms with van der Waals surface area (Å²) in [4.78, 5) is 21.2. The van der Waals surface area contributed by atoms with Crippen LogP contribution in [0.3, 0.4) is 0 Å². The first-order valence-electron chi connectivity index (χ1n) is 9.98. The van der Waals surface area contributed by atoms with Gasteiger partial charge in [0.15, 0.2) is 5.65 Å². The van der Waals surface area contributed by atoms with Crippen LogP contribution in [0.15, 0.2) is 42.6 Å². The molecule has 150 valence electrons. The van der Waals surface area contributed by atoms with Crippen LogP contribution in [0.1, 0.15) is 35.3 Å². The Labute approximate surface area is 166 Å². The highest BCUT2D eigenvalue weighted by molar-refractivity contribution is 6.00. The van der Waals surface area contributed by atoms with Crippen molar-refractivity contribution in [3.63, 3.8) is 0 Å². The van der Waals surface area contributed by atoms with Crippen molar-refractivity contribution in [2.45, 2.75) is 25.3 Å². The minimum atomic E-state index is -2.73. The number of quaternary nitrogens is 1. The lowest BCUT2D eigenvalue weighted by molar-refractivity contribution is -0.916. The summed E-state index contributed by atoms with van der Waals surface area (Å²) in [7, 11) is 0. The van der Waals surface area contributed by atoms with E-state index in [1.807, 2.05) is 35.2 Å². The van der Waals surface area contributed by atoms with Crippen LogP contribution in [0.2, 0.25) is 0 Å². The van der Waals surface area contributed by atoms with Gasteiger partial charge in [-0.15, -0.1) is 0 Å². The third-order valence-electron chi connectivity index (χ3n) is 6.08. The van der Waals surface area contributed by atoms with Crippen LogP contribution in [0.25, 0.3) is 16.9 Å². The molecule has 3 aromatic rings. The number of amides is 1. The SMILES string of the molecule is O=C(c1cnn2c(C(F)F)cc(-c3ccccc3)nc12)N1CC[NH+]2CCC[C@@H]2C1. The lowest BCUT2D eigenvalue weighted by atomic mass is 10.1. The zero-order valence-electron chi connectivity index (χ0n) is 15.9. The van der Waals surface area contributed by atoms with Crippen LogP contribution < -0.4 is 4.90 Å². The van der Waals surface area contributed by atoms with Gasteiger partial charge in [0, 0.05) is 18.4 Å². The van der Waals surface area contributed by atoms with Crippen LogP contribution in [-0.2, 0) is 0 Å². The van der Waals surface area contributed by atoms with Gasteiger partial charge in [-0.1, -0.05) is 30.3 Å². The molecule has 0 spiro atoms. The number of carbonyl (C=O) groups is 1. The van der Waals surface area contributed by atoms with E-state index in [0.29, 0.717) is 24.8 Å². The number of aromatic nitrogens is 3. The summed E-state index contributed by atoms with van der Waals surface area (Å²) in [6.07, 6.45) is 0.966. The number of carbonyl (C=O) groups excluding carboxylic acids is 1. The van der Waals surface area contributed by atoms with Gasteiger partial charge in [-0.3, -0.25) is 4.79 Å². The molecule has 6 nitrogen and oxygen atoms in total. The predicted molar refractivity (Wildman–Crippen MR) is 103 cm³/mol. The second-order valence-electron chi connectivity index (χ2n) is 7.78. The highest BCUT2D eigenvalue weighted by Crippen LogP contribution is 2.27. The number of benzene rings is 1. The molecule has 1 aromatic carbocycles. The van der Waals surface area contributed by atoms with Crippen molar-refractivity contribution in [1.82, 2.24) is 19.5 Å². The Kier molecular flexibility index (Phi) is 4.50. The van der Waals surface area contributed by atoms with E-state index in [2.05, 4.69) is 10.1 Å². The van der Waals surface area contributed by atoms with Gasteiger partial charge in [-0.25, -0.2) is 18.3 Å². The topological polar surface area (TPSA) is 54.9 Å². The third kappa shape index (κ3) is 3.17. The van der Waals surface area contributed by atoms with Crippen LogP contribution in [0, 0.1) is 0 Å². The maximum Gasteiger partial charge on any atom is 0.280 e. The van der Waals surface area contributed by atoms with Gasteiger partial charge in [-0.05, 0) is 6.07 Å². The van der Waals surface area contributed by atoms with E-state index in [0.717, 1.165) is 23.0 Å². The van der Waals surface area contributed by atoms with Crippen molar-refractivity contribution < 1.29 is 18.5 Å². The second-order valence-corrected chi connectivity index (χ2v) is 7.78. The molecular weight excluding hydrogens is 376 g/mol. The average molecular weight is 398 g/mol. The summed E-state index contributed by atoms with van der Waals surface area (Å²) in [5.74, 6) is -0.177. The number of piperazine rings is 1. The third-order valence-corrected chi connectivity index (χ3v) is 6.08. The quantitative estimate of drug-likeness (QED) is 0.733. The smallest absolute Gasteiger partial charge is 0.280 e. The first-order chi connectivity index (χ1) is 14.1. The maximum absolute atomic E-state index is 13.7. The van der Waals surface area contributed by atoms with Gasteiger partial charge in [0.05, 0.1) is 38.1 Å².